The molecule has 24 heavy (non-hydrogen) atoms. The van der Waals surface area contributed by atoms with E-state index >= 15 is 0 Å². The Bertz CT molecular complexity index is 725. The molecule has 0 atom stereocenters. The normalized spacial score (nSPS) is 14.2. The number of carbonyl (C=O) groups excluding carboxylic acids is 1. The Morgan fingerprint density at radius 3 is 2.46 bits per heavy atom. The van der Waals surface area contributed by atoms with Crippen LogP contribution in [0.1, 0.15) is 11.1 Å². The number of hydrogen-bond donors (Lipinski definition) is 0. The standard InChI is InChI=1S/C20H20O3S/c1-4-5-15-12-16(20(23-3)13-19(15)22-2)8-11-18(21)14-6-9-17(24)10-7-14/h4,6-14H,1,5H2,2-3H3/b11-8+. The first kappa shape index (κ1) is 17.9. The maximum Gasteiger partial charge on any atom is 0.166 e. The second-order valence-corrected chi connectivity index (χ2v) is 5.75. The van der Waals surface area contributed by atoms with Crippen molar-refractivity contribution in [2.24, 2.45) is 5.92 Å². The fraction of sp³-hybridized carbons (Fsp3) is 0.200. The van der Waals surface area contributed by atoms with Gasteiger partial charge in [-0.2, -0.15) is 0 Å². The number of rotatable bonds is 7. The van der Waals surface area contributed by atoms with Gasteiger partial charge in [0.1, 0.15) is 11.5 Å². The van der Waals surface area contributed by atoms with Gasteiger partial charge >= 0.3 is 0 Å². The Balaban J connectivity index is 2.27. The van der Waals surface area contributed by atoms with E-state index in [4.69, 9.17) is 21.7 Å². The lowest BCUT2D eigenvalue weighted by atomic mass is 9.97. The Kier molecular flexibility index (Phi) is 6.27. The first-order valence-corrected chi connectivity index (χ1v) is 7.98. The molecule has 0 spiro atoms. The van der Waals surface area contributed by atoms with Crippen molar-refractivity contribution in [1.29, 1.82) is 0 Å². The number of benzene rings is 1. The van der Waals surface area contributed by atoms with Crippen molar-refractivity contribution in [3.8, 4) is 11.5 Å². The quantitative estimate of drug-likeness (QED) is 0.425. The van der Waals surface area contributed by atoms with E-state index in [9.17, 15) is 4.79 Å². The molecule has 3 nitrogen and oxygen atoms in total. The maximum absolute atomic E-state index is 12.3. The summed E-state index contributed by atoms with van der Waals surface area (Å²) in [7, 11) is 3.21. The number of allylic oxidation sites excluding steroid dienone is 6. The molecular weight excluding hydrogens is 320 g/mol. The van der Waals surface area contributed by atoms with E-state index in [0.29, 0.717) is 12.2 Å². The molecule has 124 valence electrons. The Morgan fingerprint density at radius 2 is 1.88 bits per heavy atom. The molecule has 0 heterocycles. The summed E-state index contributed by atoms with van der Waals surface area (Å²) in [6.45, 7) is 3.76. The van der Waals surface area contributed by atoms with Gasteiger partial charge < -0.3 is 9.47 Å². The van der Waals surface area contributed by atoms with Gasteiger partial charge in [-0.3, -0.25) is 4.79 Å². The summed E-state index contributed by atoms with van der Waals surface area (Å²) in [5, 5.41) is 0. The van der Waals surface area contributed by atoms with Crippen LogP contribution in [-0.2, 0) is 11.2 Å². The minimum Gasteiger partial charge on any atom is -0.496 e. The van der Waals surface area contributed by atoms with Crippen LogP contribution in [0.3, 0.4) is 0 Å². The molecule has 0 N–H and O–H groups in total. The number of ketones is 1. The lowest BCUT2D eigenvalue weighted by molar-refractivity contribution is -0.115. The van der Waals surface area contributed by atoms with Crippen LogP contribution in [0, 0.1) is 5.92 Å². The summed E-state index contributed by atoms with van der Waals surface area (Å²) >= 11 is 5.04. The Labute approximate surface area is 148 Å². The molecular formula is C20H20O3S. The zero-order valence-corrected chi connectivity index (χ0v) is 14.6. The first-order valence-electron chi connectivity index (χ1n) is 7.57. The van der Waals surface area contributed by atoms with E-state index in [1.807, 2.05) is 30.4 Å². The molecule has 0 unspecified atom stereocenters. The van der Waals surface area contributed by atoms with E-state index in [2.05, 4.69) is 6.58 Å². The predicted octanol–water partition coefficient (Wildman–Crippen LogP) is 4.13. The van der Waals surface area contributed by atoms with Gasteiger partial charge in [-0.05, 0) is 42.4 Å². The average Bonchev–Trinajstić information content (AvgIpc) is 2.60. The van der Waals surface area contributed by atoms with Crippen LogP contribution in [0.2, 0.25) is 0 Å². The third-order valence-electron chi connectivity index (χ3n) is 3.69. The Hall–Kier alpha value is -2.46. The van der Waals surface area contributed by atoms with Gasteiger partial charge in [-0.25, -0.2) is 0 Å². The van der Waals surface area contributed by atoms with E-state index in [1.54, 1.807) is 38.5 Å². The largest absolute Gasteiger partial charge is 0.496 e. The van der Waals surface area contributed by atoms with E-state index in [0.717, 1.165) is 21.7 Å². The lowest BCUT2D eigenvalue weighted by Gasteiger charge is -2.12. The highest BCUT2D eigenvalue weighted by molar-refractivity contribution is 7.81. The zero-order chi connectivity index (χ0) is 17.5. The molecule has 0 saturated heterocycles. The lowest BCUT2D eigenvalue weighted by Crippen LogP contribution is -2.09. The molecule has 0 radical (unpaired) electrons. The third kappa shape index (κ3) is 4.30. The summed E-state index contributed by atoms with van der Waals surface area (Å²) in [5.41, 5.74) is 1.81. The number of methoxy groups -OCH3 is 2. The van der Waals surface area contributed by atoms with Crippen molar-refractivity contribution in [1.82, 2.24) is 0 Å². The molecule has 1 aliphatic carbocycles. The molecule has 0 fully saturated rings. The molecule has 1 aromatic carbocycles. The van der Waals surface area contributed by atoms with Crippen molar-refractivity contribution < 1.29 is 14.3 Å². The average molecular weight is 340 g/mol. The van der Waals surface area contributed by atoms with Gasteiger partial charge in [0, 0.05) is 16.5 Å². The van der Waals surface area contributed by atoms with Crippen LogP contribution in [0.15, 0.2) is 55.2 Å². The highest BCUT2D eigenvalue weighted by atomic mass is 32.1. The van der Waals surface area contributed by atoms with Crippen molar-refractivity contribution in [3.05, 3.63) is 66.3 Å². The molecule has 0 amide bonds. The van der Waals surface area contributed by atoms with Gasteiger partial charge in [-0.1, -0.05) is 30.4 Å². The van der Waals surface area contributed by atoms with Crippen LogP contribution >= 0.6 is 12.2 Å². The minimum atomic E-state index is -0.273. The van der Waals surface area contributed by atoms with Crippen molar-refractivity contribution in [3.63, 3.8) is 0 Å². The molecule has 0 bridgehead atoms. The number of carbonyl (C=O) groups is 1. The first-order chi connectivity index (χ1) is 11.6. The summed E-state index contributed by atoms with van der Waals surface area (Å²) in [5.74, 6) is 1.11. The van der Waals surface area contributed by atoms with E-state index < -0.39 is 0 Å². The molecule has 0 aromatic heterocycles. The summed E-state index contributed by atoms with van der Waals surface area (Å²) in [4.78, 5) is 13.0. The zero-order valence-electron chi connectivity index (χ0n) is 13.8. The second kappa shape index (κ2) is 8.41. The Morgan fingerprint density at radius 1 is 1.21 bits per heavy atom. The fourth-order valence-corrected chi connectivity index (χ4v) is 2.58. The molecule has 0 aliphatic heterocycles. The van der Waals surface area contributed by atoms with E-state index in [-0.39, 0.29) is 11.7 Å². The maximum atomic E-state index is 12.3. The number of hydrogen-bond acceptors (Lipinski definition) is 4. The summed E-state index contributed by atoms with van der Waals surface area (Å²) in [6, 6.07) is 3.77. The highest BCUT2D eigenvalue weighted by Gasteiger charge is 2.13. The van der Waals surface area contributed by atoms with Crippen LogP contribution in [0.25, 0.3) is 6.08 Å². The second-order valence-electron chi connectivity index (χ2n) is 5.28. The monoisotopic (exact) mass is 340 g/mol. The van der Waals surface area contributed by atoms with Gasteiger partial charge in [0.05, 0.1) is 20.1 Å². The van der Waals surface area contributed by atoms with Gasteiger partial charge in [0.15, 0.2) is 5.78 Å². The van der Waals surface area contributed by atoms with Gasteiger partial charge in [-0.15, -0.1) is 6.58 Å². The number of ether oxygens (including phenoxy) is 2. The summed E-state index contributed by atoms with van der Waals surface area (Å²) < 4.78 is 10.8. The van der Waals surface area contributed by atoms with Crippen LogP contribution in [0.4, 0.5) is 0 Å². The van der Waals surface area contributed by atoms with Crippen molar-refractivity contribution in [2.45, 2.75) is 6.42 Å². The topological polar surface area (TPSA) is 35.5 Å². The molecule has 4 heteroatoms. The van der Waals surface area contributed by atoms with Crippen LogP contribution in [-0.4, -0.2) is 24.9 Å². The predicted molar refractivity (Wildman–Crippen MR) is 102 cm³/mol. The van der Waals surface area contributed by atoms with Crippen molar-refractivity contribution in [2.75, 3.05) is 14.2 Å². The van der Waals surface area contributed by atoms with Crippen molar-refractivity contribution >= 4 is 28.9 Å². The molecule has 1 aliphatic rings. The fourth-order valence-electron chi connectivity index (χ4n) is 2.43. The smallest absolute Gasteiger partial charge is 0.166 e. The third-order valence-corrected chi connectivity index (χ3v) is 3.96. The van der Waals surface area contributed by atoms with Gasteiger partial charge in [0.2, 0.25) is 0 Å². The highest BCUT2D eigenvalue weighted by Crippen LogP contribution is 2.30. The minimum absolute atomic E-state index is 0.00635. The van der Waals surface area contributed by atoms with Gasteiger partial charge in [0.25, 0.3) is 0 Å². The molecule has 0 saturated carbocycles. The molecule has 2 rings (SSSR count). The van der Waals surface area contributed by atoms with Crippen LogP contribution in [0.5, 0.6) is 11.5 Å². The number of thiocarbonyl (C=S) groups is 1. The molecule has 1 aromatic rings. The summed E-state index contributed by atoms with van der Waals surface area (Å²) in [6.07, 6.45) is 13.0. The SMILES string of the molecule is C=CCc1cc(/C=C/C(=O)C2C=CC(=S)C=C2)c(OC)cc1OC. The van der Waals surface area contributed by atoms with Crippen LogP contribution < -0.4 is 9.47 Å². The van der Waals surface area contributed by atoms with E-state index in [1.165, 1.54) is 0 Å².